The Labute approximate surface area is 188 Å². The van der Waals surface area contributed by atoms with Crippen molar-refractivity contribution in [3.8, 4) is 16.9 Å². The highest BCUT2D eigenvalue weighted by molar-refractivity contribution is 6.00. The summed E-state index contributed by atoms with van der Waals surface area (Å²) in [7, 11) is 0. The van der Waals surface area contributed by atoms with Crippen molar-refractivity contribution >= 4 is 23.1 Å². The highest BCUT2D eigenvalue weighted by atomic mass is 16.3. The van der Waals surface area contributed by atoms with Gasteiger partial charge in [0.15, 0.2) is 0 Å². The summed E-state index contributed by atoms with van der Waals surface area (Å²) in [4.78, 5) is 25.6. The summed E-state index contributed by atoms with van der Waals surface area (Å²) in [6, 6.07) is 25.9. The van der Waals surface area contributed by atoms with Crippen molar-refractivity contribution < 1.29 is 9.21 Å². The molecule has 3 aromatic carbocycles. The van der Waals surface area contributed by atoms with Crippen molar-refractivity contribution in [2.75, 3.05) is 0 Å². The first kappa shape index (κ1) is 20.1. The van der Waals surface area contributed by atoms with E-state index in [0.717, 1.165) is 11.3 Å². The molecule has 7 heteroatoms. The van der Waals surface area contributed by atoms with Crippen molar-refractivity contribution in [2.24, 2.45) is 5.10 Å². The van der Waals surface area contributed by atoms with Crippen molar-refractivity contribution in [1.82, 2.24) is 15.2 Å². The van der Waals surface area contributed by atoms with Crippen molar-refractivity contribution in [1.29, 1.82) is 0 Å². The number of amides is 1. The Morgan fingerprint density at radius 2 is 1.64 bits per heavy atom. The van der Waals surface area contributed by atoms with Gasteiger partial charge in [-0.3, -0.25) is 9.59 Å². The molecule has 0 aliphatic heterocycles. The monoisotopic (exact) mass is 434 g/mol. The van der Waals surface area contributed by atoms with Crippen LogP contribution in [0.5, 0.6) is 0 Å². The molecule has 0 unspecified atom stereocenters. The number of nitrogens with one attached hydrogen (secondary N) is 1. The summed E-state index contributed by atoms with van der Waals surface area (Å²) in [5.41, 5.74) is 5.50. The number of rotatable bonds is 5. The predicted octanol–water partition coefficient (Wildman–Crippen LogP) is 4.41. The molecule has 160 valence electrons. The Kier molecular flexibility index (Phi) is 5.35. The number of benzene rings is 3. The van der Waals surface area contributed by atoms with Gasteiger partial charge in [0.1, 0.15) is 17.5 Å². The van der Waals surface area contributed by atoms with E-state index in [1.807, 2.05) is 60.7 Å². The van der Waals surface area contributed by atoms with Gasteiger partial charge in [-0.05, 0) is 24.3 Å². The van der Waals surface area contributed by atoms with Gasteiger partial charge in [-0.15, -0.1) is 0 Å². The van der Waals surface area contributed by atoms with Crippen molar-refractivity contribution in [2.45, 2.75) is 0 Å². The van der Waals surface area contributed by atoms with Gasteiger partial charge in [-0.25, -0.2) is 10.1 Å². The number of hydrogen-bond acceptors (Lipinski definition) is 5. The minimum atomic E-state index is -0.447. The number of hydrogen-bond donors (Lipinski definition) is 1. The van der Waals surface area contributed by atoms with E-state index in [1.165, 1.54) is 12.5 Å². The Hall–Kier alpha value is -4.78. The first-order valence-corrected chi connectivity index (χ1v) is 10.3. The maximum absolute atomic E-state index is 13.0. The lowest BCUT2D eigenvalue weighted by molar-refractivity contribution is 0.0955. The van der Waals surface area contributed by atoms with Crippen LogP contribution in [0.1, 0.15) is 15.9 Å². The lowest BCUT2D eigenvalue weighted by Gasteiger charge is -2.01. The highest BCUT2D eigenvalue weighted by Crippen LogP contribution is 2.23. The SMILES string of the molecule is O=C(NN=Cc1coc2ccccc2c1=O)c1cn(-c2ccccc2)nc1-c1ccccc1. The number of fused-ring (bicyclic) bond motifs is 1. The van der Waals surface area contributed by atoms with Gasteiger partial charge in [-0.2, -0.15) is 10.2 Å². The molecule has 0 atom stereocenters. The van der Waals surface area contributed by atoms with Crippen LogP contribution in [-0.2, 0) is 0 Å². The van der Waals surface area contributed by atoms with Gasteiger partial charge in [0, 0.05) is 11.8 Å². The first-order valence-electron chi connectivity index (χ1n) is 10.3. The summed E-state index contributed by atoms with van der Waals surface area (Å²) in [5, 5.41) is 9.05. The average molecular weight is 434 g/mol. The molecule has 0 aliphatic carbocycles. The molecular formula is C26H18N4O3. The standard InChI is InChI=1S/C26H18N4O3/c31-25-19(17-33-23-14-8-7-13-21(23)25)15-27-28-26(32)22-16-30(20-11-5-2-6-12-20)29-24(22)18-9-3-1-4-10-18/h1-17H,(H,28,32). The van der Waals surface area contributed by atoms with Crippen LogP contribution in [-0.4, -0.2) is 21.9 Å². The number of nitrogens with zero attached hydrogens (tertiary/aromatic N) is 3. The topological polar surface area (TPSA) is 89.5 Å². The maximum atomic E-state index is 13.0. The van der Waals surface area contributed by atoms with Gasteiger partial charge >= 0.3 is 0 Å². The largest absolute Gasteiger partial charge is 0.463 e. The zero-order valence-electron chi connectivity index (χ0n) is 17.4. The van der Waals surface area contributed by atoms with E-state index in [9.17, 15) is 9.59 Å². The fourth-order valence-electron chi connectivity index (χ4n) is 3.47. The Morgan fingerprint density at radius 3 is 2.42 bits per heavy atom. The minimum absolute atomic E-state index is 0.225. The van der Waals surface area contributed by atoms with Crippen LogP contribution < -0.4 is 10.9 Å². The van der Waals surface area contributed by atoms with Crippen molar-refractivity contribution in [3.63, 3.8) is 0 Å². The third-order valence-corrected chi connectivity index (χ3v) is 5.10. The fourth-order valence-corrected chi connectivity index (χ4v) is 3.47. The second-order valence-electron chi connectivity index (χ2n) is 7.25. The highest BCUT2D eigenvalue weighted by Gasteiger charge is 2.18. The predicted molar refractivity (Wildman–Crippen MR) is 127 cm³/mol. The van der Waals surface area contributed by atoms with Crippen LogP contribution in [0, 0.1) is 0 Å². The quantitative estimate of drug-likeness (QED) is 0.328. The molecule has 0 spiro atoms. The van der Waals surface area contributed by atoms with E-state index in [0.29, 0.717) is 22.2 Å². The Bertz CT molecular complexity index is 1520. The Balaban J connectivity index is 1.45. The van der Waals surface area contributed by atoms with E-state index in [2.05, 4.69) is 15.6 Å². The average Bonchev–Trinajstić information content (AvgIpc) is 3.32. The molecule has 0 saturated heterocycles. The van der Waals surface area contributed by atoms with Gasteiger partial charge < -0.3 is 4.42 Å². The van der Waals surface area contributed by atoms with Crippen LogP contribution in [0.15, 0.2) is 112 Å². The summed E-state index contributed by atoms with van der Waals surface area (Å²) >= 11 is 0. The summed E-state index contributed by atoms with van der Waals surface area (Å²) in [6.07, 6.45) is 4.26. The normalized spacial score (nSPS) is 11.2. The number of aromatic nitrogens is 2. The van der Waals surface area contributed by atoms with E-state index in [-0.39, 0.29) is 11.0 Å². The second-order valence-corrected chi connectivity index (χ2v) is 7.25. The molecule has 33 heavy (non-hydrogen) atoms. The molecule has 0 radical (unpaired) electrons. The number of para-hydroxylation sites is 2. The maximum Gasteiger partial charge on any atom is 0.275 e. The summed E-state index contributed by atoms with van der Waals surface area (Å²) in [5.74, 6) is -0.447. The molecule has 2 heterocycles. The lowest BCUT2D eigenvalue weighted by atomic mass is 10.1. The van der Waals surface area contributed by atoms with E-state index < -0.39 is 5.91 Å². The van der Waals surface area contributed by atoms with Crippen LogP contribution >= 0.6 is 0 Å². The van der Waals surface area contributed by atoms with E-state index >= 15 is 0 Å². The third kappa shape index (κ3) is 4.07. The molecule has 7 nitrogen and oxygen atoms in total. The lowest BCUT2D eigenvalue weighted by Crippen LogP contribution is -2.19. The van der Waals surface area contributed by atoms with Gasteiger partial charge in [0.25, 0.3) is 5.91 Å². The van der Waals surface area contributed by atoms with Crippen LogP contribution in [0.3, 0.4) is 0 Å². The van der Waals surface area contributed by atoms with Gasteiger partial charge in [-0.1, -0.05) is 60.7 Å². The first-order chi connectivity index (χ1) is 16.2. The van der Waals surface area contributed by atoms with E-state index in [4.69, 9.17) is 4.42 Å². The summed E-state index contributed by atoms with van der Waals surface area (Å²) in [6.45, 7) is 0. The molecule has 1 amide bonds. The van der Waals surface area contributed by atoms with Crippen LogP contribution in [0.4, 0.5) is 0 Å². The van der Waals surface area contributed by atoms with Crippen LogP contribution in [0.2, 0.25) is 0 Å². The van der Waals surface area contributed by atoms with Gasteiger partial charge in [0.2, 0.25) is 5.43 Å². The fraction of sp³-hybridized carbons (Fsp3) is 0. The molecule has 5 rings (SSSR count). The molecule has 0 fully saturated rings. The number of hydrazone groups is 1. The number of carbonyl (C=O) groups is 1. The second kappa shape index (κ2) is 8.76. The third-order valence-electron chi connectivity index (χ3n) is 5.10. The van der Waals surface area contributed by atoms with Crippen LogP contribution in [0.25, 0.3) is 27.9 Å². The summed E-state index contributed by atoms with van der Waals surface area (Å²) < 4.78 is 7.13. The zero-order chi connectivity index (χ0) is 22.6. The molecule has 1 N–H and O–H groups in total. The van der Waals surface area contributed by atoms with E-state index in [1.54, 1.807) is 35.1 Å². The van der Waals surface area contributed by atoms with Crippen molar-refractivity contribution in [3.05, 3.63) is 119 Å². The minimum Gasteiger partial charge on any atom is -0.463 e. The molecule has 0 bridgehead atoms. The molecule has 2 aromatic heterocycles. The molecular weight excluding hydrogens is 416 g/mol. The Morgan fingerprint density at radius 1 is 0.939 bits per heavy atom. The smallest absolute Gasteiger partial charge is 0.275 e. The molecule has 0 saturated carbocycles. The molecule has 0 aliphatic rings. The molecule has 5 aromatic rings. The van der Waals surface area contributed by atoms with Gasteiger partial charge in [0.05, 0.1) is 28.4 Å². The number of carbonyl (C=O) groups excluding carboxylic acids is 1. The zero-order valence-corrected chi connectivity index (χ0v) is 17.4.